The predicted octanol–water partition coefficient (Wildman–Crippen LogP) is 1.20. The van der Waals surface area contributed by atoms with E-state index >= 15 is 0 Å². The number of nitrogens with zero attached hydrogens (tertiary/aromatic N) is 1. The van der Waals surface area contributed by atoms with Crippen molar-refractivity contribution in [2.24, 2.45) is 0 Å². The van der Waals surface area contributed by atoms with E-state index in [0.29, 0.717) is 13.1 Å². The van der Waals surface area contributed by atoms with E-state index in [0.717, 1.165) is 16.7 Å². The zero-order valence-electron chi connectivity index (χ0n) is 9.46. The summed E-state index contributed by atoms with van der Waals surface area (Å²) in [5.41, 5.74) is 4.19. The van der Waals surface area contributed by atoms with Crippen molar-refractivity contribution in [3.63, 3.8) is 0 Å². The molecular formula is C12H12N2O4. The number of hydrogen-bond donors (Lipinski definition) is 3. The van der Waals surface area contributed by atoms with Crippen LogP contribution >= 0.6 is 0 Å². The molecule has 1 aliphatic rings. The highest BCUT2D eigenvalue weighted by atomic mass is 16.5. The molecule has 1 heterocycles. The van der Waals surface area contributed by atoms with Gasteiger partial charge in [-0.05, 0) is 28.8 Å². The van der Waals surface area contributed by atoms with Gasteiger partial charge in [0.1, 0.15) is 0 Å². The lowest BCUT2D eigenvalue weighted by atomic mass is 10.1. The zero-order valence-corrected chi connectivity index (χ0v) is 9.46. The minimum absolute atomic E-state index is 0.360. The van der Waals surface area contributed by atoms with Gasteiger partial charge in [-0.3, -0.25) is 14.9 Å². The topological polar surface area (TPSA) is 89.9 Å². The van der Waals surface area contributed by atoms with E-state index in [4.69, 9.17) is 10.3 Å². The Hall–Kier alpha value is -2.34. The summed E-state index contributed by atoms with van der Waals surface area (Å²) >= 11 is 0. The molecule has 0 spiro atoms. The first kappa shape index (κ1) is 12.1. The van der Waals surface area contributed by atoms with Crippen molar-refractivity contribution in [1.82, 2.24) is 10.4 Å². The summed E-state index contributed by atoms with van der Waals surface area (Å²) in [4.78, 5) is 23.0. The first-order chi connectivity index (χ1) is 8.60. The summed E-state index contributed by atoms with van der Waals surface area (Å²) in [5.74, 6) is -0.609. The highest BCUT2D eigenvalue weighted by molar-refractivity contribution is 5.90. The maximum absolute atomic E-state index is 10.8. The van der Waals surface area contributed by atoms with Gasteiger partial charge in [0.15, 0.2) is 0 Å². The van der Waals surface area contributed by atoms with Crippen LogP contribution in [0.4, 0.5) is 4.79 Å². The van der Waals surface area contributed by atoms with E-state index in [2.05, 4.69) is 0 Å². The van der Waals surface area contributed by atoms with E-state index in [1.807, 2.05) is 12.1 Å². The van der Waals surface area contributed by atoms with Gasteiger partial charge in [0.2, 0.25) is 0 Å². The monoisotopic (exact) mass is 248 g/mol. The van der Waals surface area contributed by atoms with Crippen LogP contribution < -0.4 is 5.48 Å². The molecule has 0 fully saturated rings. The SMILES string of the molecule is O=C(/C=C/c1ccc2c(c1)CN(C(=O)O)C2)NO. The van der Waals surface area contributed by atoms with Crippen molar-refractivity contribution in [3.8, 4) is 0 Å². The molecule has 1 aromatic rings. The molecule has 3 N–H and O–H groups in total. The molecule has 0 saturated carbocycles. The lowest BCUT2D eigenvalue weighted by molar-refractivity contribution is -0.124. The number of hydrogen-bond acceptors (Lipinski definition) is 3. The third kappa shape index (κ3) is 2.49. The van der Waals surface area contributed by atoms with Crippen molar-refractivity contribution in [1.29, 1.82) is 0 Å². The summed E-state index contributed by atoms with van der Waals surface area (Å²) in [6, 6.07) is 5.47. The van der Waals surface area contributed by atoms with E-state index in [1.54, 1.807) is 12.1 Å². The molecule has 0 atom stereocenters. The normalized spacial score (nSPS) is 13.7. The minimum Gasteiger partial charge on any atom is -0.465 e. The molecule has 1 aromatic carbocycles. The largest absolute Gasteiger partial charge is 0.465 e. The Balaban J connectivity index is 2.16. The molecule has 2 rings (SSSR count). The Morgan fingerprint density at radius 2 is 2.00 bits per heavy atom. The van der Waals surface area contributed by atoms with Gasteiger partial charge in [-0.2, -0.15) is 0 Å². The van der Waals surface area contributed by atoms with E-state index in [9.17, 15) is 9.59 Å². The fraction of sp³-hybridized carbons (Fsp3) is 0.167. The molecular weight excluding hydrogens is 236 g/mol. The predicted molar refractivity (Wildman–Crippen MR) is 62.7 cm³/mol. The first-order valence-electron chi connectivity index (χ1n) is 5.32. The summed E-state index contributed by atoms with van der Waals surface area (Å²) in [7, 11) is 0. The maximum Gasteiger partial charge on any atom is 0.407 e. The molecule has 1 aliphatic heterocycles. The van der Waals surface area contributed by atoms with Crippen LogP contribution in [0.2, 0.25) is 0 Å². The van der Waals surface area contributed by atoms with Crippen LogP contribution in [-0.4, -0.2) is 27.2 Å². The van der Waals surface area contributed by atoms with Gasteiger partial charge in [-0.15, -0.1) is 0 Å². The van der Waals surface area contributed by atoms with Crippen LogP contribution in [0.25, 0.3) is 6.08 Å². The van der Waals surface area contributed by atoms with E-state index in [-0.39, 0.29) is 0 Å². The Kier molecular flexibility index (Phi) is 3.29. The number of amides is 2. The second-order valence-electron chi connectivity index (χ2n) is 3.98. The first-order valence-corrected chi connectivity index (χ1v) is 5.32. The second kappa shape index (κ2) is 4.89. The van der Waals surface area contributed by atoms with Gasteiger partial charge >= 0.3 is 6.09 Å². The van der Waals surface area contributed by atoms with E-state index < -0.39 is 12.0 Å². The Bertz CT molecular complexity index is 525. The number of nitrogens with one attached hydrogen (secondary N) is 1. The molecule has 6 heteroatoms. The van der Waals surface area contributed by atoms with Crippen molar-refractivity contribution < 1.29 is 19.9 Å². The quantitative estimate of drug-likeness (QED) is 0.416. The highest BCUT2D eigenvalue weighted by Gasteiger charge is 2.22. The van der Waals surface area contributed by atoms with Crippen LogP contribution in [0.1, 0.15) is 16.7 Å². The molecule has 0 radical (unpaired) electrons. The molecule has 0 aliphatic carbocycles. The zero-order chi connectivity index (χ0) is 13.1. The second-order valence-corrected chi connectivity index (χ2v) is 3.98. The Morgan fingerprint density at radius 1 is 1.28 bits per heavy atom. The van der Waals surface area contributed by atoms with Crippen LogP contribution in [0.3, 0.4) is 0 Å². The molecule has 94 valence electrons. The summed E-state index contributed by atoms with van der Waals surface area (Å²) in [6.45, 7) is 0.754. The third-order valence-corrected chi connectivity index (χ3v) is 2.76. The smallest absolute Gasteiger partial charge is 0.407 e. The summed E-state index contributed by atoms with van der Waals surface area (Å²) in [6.07, 6.45) is 1.81. The number of rotatable bonds is 2. The Labute approximate surface area is 103 Å². The van der Waals surface area contributed by atoms with Crippen molar-refractivity contribution in [2.75, 3.05) is 0 Å². The molecule has 18 heavy (non-hydrogen) atoms. The molecule has 0 unspecified atom stereocenters. The number of carboxylic acid groups (broad SMARTS) is 1. The highest BCUT2D eigenvalue weighted by Crippen LogP contribution is 2.24. The van der Waals surface area contributed by atoms with Gasteiger partial charge in [-0.1, -0.05) is 12.1 Å². The van der Waals surface area contributed by atoms with Gasteiger partial charge < -0.3 is 5.11 Å². The van der Waals surface area contributed by atoms with Gasteiger partial charge in [0.25, 0.3) is 5.91 Å². The average molecular weight is 248 g/mol. The maximum atomic E-state index is 10.8. The third-order valence-electron chi connectivity index (χ3n) is 2.76. The van der Waals surface area contributed by atoms with Crippen LogP contribution in [0.5, 0.6) is 0 Å². The average Bonchev–Trinajstić information content (AvgIpc) is 2.79. The number of carbonyl (C=O) groups excluding carboxylic acids is 1. The molecule has 0 bridgehead atoms. The number of carbonyl (C=O) groups is 2. The van der Waals surface area contributed by atoms with Crippen molar-refractivity contribution in [3.05, 3.63) is 41.0 Å². The van der Waals surface area contributed by atoms with Crippen LogP contribution in [0, 0.1) is 0 Å². The minimum atomic E-state index is -0.942. The van der Waals surface area contributed by atoms with Gasteiger partial charge in [0.05, 0.1) is 0 Å². The Morgan fingerprint density at radius 3 is 2.67 bits per heavy atom. The summed E-state index contributed by atoms with van der Waals surface area (Å²) < 4.78 is 0. The fourth-order valence-electron chi connectivity index (χ4n) is 1.86. The van der Waals surface area contributed by atoms with E-state index in [1.165, 1.54) is 16.5 Å². The van der Waals surface area contributed by atoms with Crippen LogP contribution in [-0.2, 0) is 17.9 Å². The van der Waals surface area contributed by atoms with Gasteiger partial charge in [0, 0.05) is 19.2 Å². The fourth-order valence-corrected chi connectivity index (χ4v) is 1.86. The lowest BCUT2D eigenvalue weighted by Gasteiger charge is -2.08. The number of fused-ring (bicyclic) bond motifs is 1. The molecule has 0 saturated heterocycles. The molecule has 0 aromatic heterocycles. The molecule has 6 nitrogen and oxygen atoms in total. The lowest BCUT2D eigenvalue weighted by Crippen LogP contribution is -2.22. The van der Waals surface area contributed by atoms with Crippen molar-refractivity contribution >= 4 is 18.1 Å². The standard InChI is InChI=1S/C12H12N2O4/c15-11(13-18)4-2-8-1-3-9-6-14(12(16)17)7-10(9)5-8/h1-5,18H,6-7H2,(H,13,15)(H,16,17)/b4-2+. The van der Waals surface area contributed by atoms with Crippen molar-refractivity contribution in [2.45, 2.75) is 13.1 Å². The van der Waals surface area contributed by atoms with Crippen LogP contribution in [0.15, 0.2) is 24.3 Å². The summed E-state index contributed by atoms with van der Waals surface area (Å²) in [5, 5.41) is 17.2. The molecule has 2 amide bonds. The number of benzene rings is 1. The number of hydroxylamine groups is 1. The van der Waals surface area contributed by atoms with Gasteiger partial charge in [-0.25, -0.2) is 10.3 Å².